The molecular weight excluding hydrogens is 412 g/mol. The zero-order chi connectivity index (χ0) is 22.1. The van der Waals surface area contributed by atoms with E-state index in [1.807, 2.05) is 20.8 Å². The third-order valence-corrected chi connectivity index (χ3v) is 5.65. The van der Waals surface area contributed by atoms with Gasteiger partial charge in [0.25, 0.3) is 5.69 Å². The summed E-state index contributed by atoms with van der Waals surface area (Å²) >= 11 is 1.53. The summed E-state index contributed by atoms with van der Waals surface area (Å²) in [5.41, 5.74) is 0.0368. The quantitative estimate of drug-likeness (QED) is 0.542. The Hall–Kier alpha value is -2.82. The number of non-ortho nitro benzene ring substituents is 1. The lowest BCUT2D eigenvalue weighted by atomic mass is 10.1. The highest BCUT2D eigenvalue weighted by molar-refractivity contribution is 7.99. The van der Waals surface area contributed by atoms with Crippen LogP contribution in [0.5, 0.6) is 0 Å². The molecule has 10 nitrogen and oxygen atoms in total. The maximum atomic E-state index is 12.7. The van der Waals surface area contributed by atoms with E-state index in [1.54, 1.807) is 4.90 Å². The SMILES string of the molecule is CC(C)(C)NC(=O)C1CSCN1C(=O)CCCn1c(=O)oc2cc([N+](=O)[O-])ccc21. The van der Waals surface area contributed by atoms with Crippen LogP contribution in [0.1, 0.15) is 33.6 Å². The number of carbonyl (C=O) groups excluding carboxylic acids is 2. The first-order valence-electron chi connectivity index (χ1n) is 9.54. The number of aromatic nitrogens is 1. The Labute approximate surface area is 176 Å². The van der Waals surface area contributed by atoms with E-state index in [-0.39, 0.29) is 41.6 Å². The molecule has 1 N–H and O–H groups in total. The second kappa shape index (κ2) is 8.50. The lowest BCUT2D eigenvalue weighted by Gasteiger charge is -2.27. The Morgan fingerprint density at radius 2 is 2.10 bits per heavy atom. The van der Waals surface area contributed by atoms with Gasteiger partial charge in [-0.25, -0.2) is 4.79 Å². The third-order valence-electron chi connectivity index (χ3n) is 4.64. The molecule has 162 valence electrons. The van der Waals surface area contributed by atoms with Crippen molar-refractivity contribution in [3.63, 3.8) is 0 Å². The van der Waals surface area contributed by atoms with Crippen molar-refractivity contribution in [1.29, 1.82) is 0 Å². The van der Waals surface area contributed by atoms with Gasteiger partial charge in [0.2, 0.25) is 11.8 Å². The highest BCUT2D eigenvalue weighted by Gasteiger charge is 2.35. The number of oxazole rings is 1. The van der Waals surface area contributed by atoms with Crippen molar-refractivity contribution in [2.24, 2.45) is 0 Å². The molecule has 2 amide bonds. The molecule has 1 fully saturated rings. The van der Waals surface area contributed by atoms with Crippen LogP contribution < -0.4 is 11.1 Å². The Morgan fingerprint density at radius 1 is 1.37 bits per heavy atom. The number of fused-ring (bicyclic) bond motifs is 1. The summed E-state index contributed by atoms with van der Waals surface area (Å²) in [6.07, 6.45) is 0.547. The molecule has 2 aromatic rings. The van der Waals surface area contributed by atoms with Gasteiger partial charge in [-0.3, -0.25) is 24.3 Å². The molecule has 1 aromatic carbocycles. The standard InChI is InChI=1S/C19H24N4O6S/c1-19(2,3)20-17(25)14-10-30-11-22(14)16(24)5-4-8-21-13-7-6-12(23(27)28)9-15(13)29-18(21)26/h6-7,9,14H,4-5,8,10-11H2,1-3H3,(H,20,25). The van der Waals surface area contributed by atoms with Gasteiger partial charge in [-0.1, -0.05) is 0 Å². The van der Waals surface area contributed by atoms with Gasteiger partial charge in [0.05, 0.1) is 22.4 Å². The average Bonchev–Trinajstić information content (AvgIpc) is 3.24. The first kappa shape index (κ1) is 21.9. The number of nitrogens with one attached hydrogen (secondary N) is 1. The maximum absolute atomic E-state index is 12.7. The van der Waals surface area contributed by atoms with Crippen LogP contribution in [-0.4, -0.2) is 49.4 Å². The largest absolute Gasteiger partial charge is 0.419 e. The molecule has 1 saturated heterocycles. The number of benzene rings is 1. The van der Waals surface area contributed by atoms with E-state index in [0.29, 0.717) is 23.6 Å². The van der Waals surface area contributed by atoms with Gasteiger partial charge in [-0.2, -0.15) is 0 Å². The topological polar surface area (TPSA) is 128 Å². The fourth-order valence-corrected chi connectivity index (χ4v) is 4.45. The number of nitrogens with zero attached hydrogens (tertiary/aromatic N) is 3. The number of hydrogen-bond acceptors (Lipinski definition) is 7. The predicted molar refractivity (Wildman–Crippen MR) is 112 cm³/mol. The van der Waals surface area contributed by atoms with Crippen LogP contribution in [0.15, 0.2) is 27.4 Å². The van der Waals surface area contributed by atoms with Crippen LogP contribution >= 0.6 is 11.8 Å². The number of nitro benzene ring substituents is 1. The molecule has 0 saturated carbocycles. The van der Waals surface area contributed by atoms with Crippen molar-refractivity contribution in [3.8, 4) is 0 Å². The number of hydrogen-bond donors (Lipinski definition) is 1. The summed E-state index contributed by atoms with van der Waals surface area (Å²) in [6.45, 7) is 5.90. The van der Waals surface area contributed by atoms with Crippen molar-refractivity contribution in [3.05, 3.63) is 38.9 Å². The minimum atomic E-state index is -0.628. The van der Waals surface area contributed by atoms with Gasteiger partial charge in [0.15, 0.2) is 5.58 Å². The number of amides is 2. The van der Waals surface area contributed by atoms with Gasteiger partial charge >= 0.3 is 5.76 Å². The van der Waals surface area contributed by atoms with Crippen molar-refractivity contribution < 1.29 is 18.9 Å². The van der Waals surface area contributed by atoms with Crippen molar-refractivity contribution in [1.82, 2.24) is 14.8 Å². The molecule has 11 heteroatoms. The first-order chi connectivity index (χ1) is 14.1. The Bertz CT molecular complexity index is 1040. The second-order valence-electron chi connectivity index (χ2n) is 8.15. The van der Waals surface area contributed by atoms with E-state index in [9.17, 15) is 24.5 Å². The molecule has 1 aromatic heterocycles. The van der Waals surface area contributed by atoms with Gasteiger partial charge < -0.3 is 14.6 Å². The molecule has 1 aliphatic heterocycles. The van der Waals surface area contributed by atoms with Gasteiger partial charge in [-0.05, 0) is 33.3 Å². The third kappa shape index (κ3) is 4.84. The molecule has 1 aliphatic rings. The molecule has 2 heterocycles. The molecule has 30 heavy (non-hydrogen) atoms. The summed E-state index contributed by atoms with van der Waals surface area (Å²) < 4.78 is 6.45. The van der Waals surface area contributed by atoms with Crippen LogP contribution in [0.4, 0.5) is 5.69 Å². The first-order valence-corrected chi connectivity index (χ1v) is 10.7. The van der Waals surface area contributed by atoms with E-state index in [2.05, 4.69) is 5.32 Å². The molecule has 1 unspecified atom stereocenters. The number of thioether (sulfide) groups is 1. The summed E-state index contributed by atoms with van der Waals surface area (Å²) in [6, 6.07) is 3.47. The molecule has 0 radical (unpaired) electrons. The minimum absolute atomic E-state index is 0.135. The normalized spacial score (nSPS) is 16.8. The lowest BCUT2D eigenvalue weighted by Crippen LogP contribution is -2.52. The monoisotopic (exact) mass is 436 g/mol. The summed E-state index contributed by atoms with van der Waals surface area (Å²) in [4.78, 5) is 49.1. The fraction of sp³-hybridized carbons (Fsp3) is 0.526. The molecule has 0 bridgehead atoms. The smallest absolute Gasteiger partial charge is 0.407 e. The van der Waals surface area contributed by atoms with Crippen LogP contribution in [-0.2, 0) is 16.1 Å². The predicted octanol–water partition coefficient (Wildman–Crippen LogP) is 2.10. The number of aryl methyl sites for hydroxylation is 1. The average molecular weight is 436 g/mol. The number of carbonyl (C=O) groups is 2. The summed E-state index contributed by atoms with van der Waals surface area (Å²) in [5, 5.41) is 13.8. The zero-order valence-corrected chi connectivity index (χ0v) is 17.9. The van der Waals surface area contributed by atoms with Gasteiger partial charge in [-0.15, -0.1) is 11.8 Å². The molecule has 0 spiro atoms. The lowest BCUT2D eigenvalue weighted by molar-refractivity contribution is -0.384. The Balaban J connectivity index is 1.63. The maximum Gasteiger partial charge on any atom is 0.419 e. The highest BCUT2D eigenvalue weighted by Crippen LogP contribution is 2.24. The molecule has 0 aliphatic carbocycles. The van der Waals surface area contributed by atoms with Crippen LogP contribution in [0.25, 0.3) is 11.1 Å². The second-order valence-corrected chi connectivity index (χ2v) is 9.15. The van der Waals surface area contributed by atoms with E-state index >= 15 is 0 Å². The van der Waals surface area contributed by atoms with Crippen molar-refractivity contribution >= 4 is 40.4 Å². The van der Waals surface area contributed by atoms with Gasteiger partial charge in [0, 0.05) is 30.3 Å². The zero-order valence-electron chi connectivity index (χ0n) is 17.0. The molecule has 3 rings (SSSR count). The van der Waals surface area contributed by atoms with Gasteiger partial charge in [0.1, 0.15) is 6.04 Å². The van der Waals surface area contributed by atoms with E-state index in [0.717, 1.165) is 0 Å². The highest BCUT2D eigenvalue weighted by atomic mass is 32.2. The fourth-order valence-electron chi connectivity index (χ4n) is 3.27. The molecular formula is C19H24N4O6S. The Kier molecular flexibility index (Phi) is 6.20. The summed E-state index contributed by atoms with van der Waals surface area (Å²) in [7, 11) is 0. The number of rotatable bonds is 6. The van der Waals surface area contributed by atoms with E-state index in [4.69, 9.17) is 4.42 Å². The van der Waals surface area contributed by atoms with E-state index in [1.165, 1.54) is 34.5 Å². The van der Waals surface area contributed by atoms with Crippen molar-refractivity contribution in [2.45, 2.75) is 51.7 Å². The van der Waals surface area contributed by atoms with Crippen LogP contribution in [0.3, 0.4) is 0 Å². The molecule has 1 atom stereocenters. The van der Waals surface area contributed by atoms with E-state index < -0.39 is 16.7 Å². The Morgan fingerprint density at radius 3 is 2.77 bits per heavy atom. The van der Waals surface area contributed by atoms with Crippen molar-refractivity contribution in [2.75, 3.05) is 11.6 Å². The number of nitro groups is 1. The van der Waals surface area contributed by atoms with Crippen LogP contribution in [0.2, 0.25) is 0 Å². The minimum Gasteiger partial charge on any atom is -0.407 e. The summed E-state index contributed by atoms with van der Waals surface area (Å²) in [5.74, 6) is 0.0690. The van der Waals surface area contributed by atoms with Crippen LogP contribution in [0, 0.1) is 10.1 Å².